The van der Waals surface area contributed by atoms with Crippen LogP contribution >= 0.6 is 15.9 Å². The van der Waals surface area contributed by atoms with E-state index in [-0.39, 0.29) is 6.04 Å². The topological polar surface area (TPSA) is 38.5 Å². The molecular weight excluding hydrogens is 280 g/mol. The molecule has 0 radical (unpaired) electrons. The highest BCUT2D eigenvalue weighted by molar-refractivity contribution is 9.10. The summed E-state index contributed by atoms with van der Waals surface area (Å²) in [6.07, 6.45) is 1.00. The highest BCUT2D eigenvalue weighted by Gasteiger charge is 2.12. The van der Waals surface area contributed by atoms with Crippen LogP contribution in [0.1, 0.15) is 18.0 Å². The second kappa shape index (κ2) is 6.50. The Balaban J connectivity index is 1.80. The van der Waals surface area contributed by atoms with Crippen molar-refractivity contribution in [3.63, 3.8) is 0 Å². The highest BCUT2D eigenvalue weighted by atomic mass is 79.9. The molecule has 0 aliphatic carbocycles. The fraction of sp³-hybridized carbons (Fsp3) is 0.538. The summed E-state index contributed by atoms with van der Waals surface area (Å²) in [6.45, 7) is 4.84. The third-order valence-electron chi connectivity index (χ3n) is 3.16. The largest absolute Gasteiger partial charge is 0.379 e. The number of hydrogen-bond donors (Lipinski definition) is 1. The summed E-state index contributed by atoms with van der Waals surface area (Å²) in [7, 11) is 0. The van der Waals surface area contributed by atoms with Gasteiger partial charge in [0, 0.05) is 30.1 Å². The molecule has 1 aliphatic rings. The van der Waals surface area contributed by atoms with E-state index in [1.165, 1.54) is 5.56 Å². The minimum absolute atomic E-state index is 0.131. The van der Waals surface area contributed by atoms with Crippen molar-refractivity contribution in [2.45, 2.75) is 12.5 Å². The summed E-state index contributed by atoms with van der Waals surface area (Å²) < 4.78 is 6.42. The fourth-order valence-electron chi connectivity index (χ4n) is 2.02. The first-order valence-electron chi connectivity index (χ1n) is 6.07. The highest BCUT2D eigenvalue weighted by Crippen LogP contribution is 2.18. The Hall–Kier alpha value is -0.420. The molecule has 1 heterocycles. The number of morpholine rings is 1. The number of nitrogens with zero attached hydrogens (tertiary/aromatic N) is 1. The summed E-state index contributed by atoms with van der Waals surface area (Å²) in [5, 5.41) is 0. The van der Waals surface area contributed by atoms with E-state index >= 15 is 0 Å². The van der Waals surface area contributed by atoms with E-state index in [9.17, 15) is 0 Å². The van der Waals surface area contributed by atoms with Crippen LogP contribution in [0.25, 0.3) is 0 Å². The van der Waals surface area contributed by atoms with E-state index in [2.05, 4.69) is 33.0 Å². The molecule has 1 aromatic rings. The number of rotatable bonds is 4. The first kappa shape index (κ1) is 13.0. The van der Waals surface area contributed by atoms with Gasteiger partial charge in [0.15, 0.2) is 0 Å². The van der Waals surface area contributed by atoms with E-state index in [1.54, 1.807) is 0 Å². The summed E-state index contributed by atoms with van der Waals surface area (Å²) in [4.78, 5) is 2.42. The average Bonchev–Trinajstić information content (AvgIpc) is 2.38. The van der Waals surface area contributed by atoms with E-state index < -0.39 is 0 Å². The first-order chi connectivity index (χ1) is 8.25. The van der Waals surface area contributed by atoms with Crippen LogP contribution in [0.15, 0.2) is 28.7 Å². The van der Waals surface area contributed by atoms with Crippen LogP contribution in [-0.4, -0.2) is 37.7 Å². The van der Waals surface area contributed by atoms with Crippen LogP contribution < -0.4 is 5.73 Å². The van der Waals surface area contributed by atoms with Gasteiger partial charge >= 0.3 is 0 Å². The summed E-state index contributed by atoms with van der Waals surface area (Å²) in [5.74, 6) is 0. The molecule has 2 rings (SSSR count). The van der Waals surface area contributed by atoms with Gasteiger partial charge in [-0.1, -0.05) is 28.1 Å². The van der Waals surface area contributed by atoms with Gasteiger partial charge in [0.1, 0.15) is 0 Å². The lowest BCUT2D eigenvalue weighted by Crippen LogP contribution is -2.37. The van der Waals surface area contributed by atoms with Gasteiger partial charge in [-0.25, -0.2) is 0 Å². The van der Waals surface area contributed by atoms with Crippen molar-refractivity contribution in [3.8, 4) is 0 Å². The van der Waals surface area contributed by atoms with Crippen LogP contribution in [0.5, 0.6) is 0 Å². The molecule has 1 unspecified atom stereocenters. The number of hydrogen-bond acceptors (Lipinski definition) is 3. The monoisotopic (exact) mass is 298 g/mol. The Kier molecular flexibility index (Phi) is 4.98. The molecule has 0 spiro atoms. The van der Waals surface area contributed by atoms with Crippen LogP contribution in [-0.2, 0) is 4.74 Å². The van der Waals surface area contributed by atoms with Gasteiger partial charge < -0.3 is 10.5 Å². The maximum atomic E-state index is 6.19. The maximum absolute atomic E-state index is 6.19. The zero-order valence-corrected chi connectivity index (χ0v) is 11.5. The number of halogens is 1. The minimum atomic E-state index is 0.131. The number of benzene rings is 1. The minimum Gasteiger partial charge on any atom is -0.379 e. The fourth-order valence-corrected chi connectivity index (χ4v) is 2.29. The van der Waals surface area contributed by atoms with Crippen molar-refractivity contribution < 1.29 is 4.74 Å². The van der Waals surface area contributed by atoms with E-state index in [4.69, 9.17) is 10.5 Å². The zero-order chi connectivity index (χ0) is 12.1. The molecule has 1 saturated heterocycles. The Morgan fingerprint density at radius 1 is 1.24 bits per heavy atom. The van der Waals surface area contributed by atoms with Crippen molar-refractivity contribution >= 4 is 15.9 Å². The van der Waals surface area contributed by atoms with Crippen LogP contribution in [0, 0.1) is 0 Å². The lowest BCUT2D eigenvalue weighted by atomic mass is 10.0. The number of nitrogens with two attached hydrogens (primary N) is 1. The molecule has 4 heteroatoms. The van der Waals surface area contributed by atoms with Gasteiger partial charge in [-0.3, -0.25) is 4.90 Å². The van der Waals surface area contributed by atoms with Gasteiger partial charge in [-0.15, -0.1) is 0 Å². The zero-order valence-electron chi connectivity index (χ0n) is 9.94. The van der Waals surface area contributed by atoms with Gasteiger partial charge in [-0.2, -0.15) is 0 Å². The SMILES string of the molecule is NC(CCN1CCOCC1)c1ccc(Br)cc1. The normalized spacial score (nSPS) is 19.2. The van der Waals surface area contributed by atoms with E-state index in [1.807, 2.05) is 12.1 Å². The average molecular weight is 299 g/mol. The van der Waals surface area contributed by atoms with Gasteiger partial charge in [0.25, 0.3) is 0 Å². The van der Waals surface area contributed by atoms with Gasteiger partial charge in [-0.05, 0) is 24.1 Å². The molecule has 0 aromatic heterocycles. The molecule has 17 heavy (non-hydrogen) atoms. The molecule has 0 saturated carbocycles. The summed E-state index contributed by atoms with van der Waals surface area (Å²) in [6, 6.07) is 8.40. The lowest BCUT2D eigenvalue weighted by molar-refractivity contribution is 0.0366. The van der Waals surface area contributed by atoms with Crippen molar-refractivity contribution in [2.75, 3.05) is 32.8 Å². The van der Waals surface area contributed by atoms with Crippen molar-refractivity contribution in [1.29, 1.82) is 0 Å². The lowest BCUT2D eigenvalue weighted by Gasteiger charge is -2.27. The van der Waals surface area contributed by atoms with Crippen molar-refractivity contribution in [1.82, 2.24) is 4.90 Å². The molecule has 94 valence electrons. The second-order valence-electron chi connectivity index (χ2n) is 4.40. The Morgan fingerprint density at radius 3 is 2.53 bits per heavy atom. The molecule has 1 aromatic carbocycles. The standard InChI is InChI=1S/C13H19BrN2O/c14-12-3-1-11(2-4-12)13(15)5-6-16-7-9-17-10-8-16/h1-4,13H,5-10,15H2. The molecule has 3 nitrogen and oxygen atoms in total. The Labute approximate surface area is 111 Å². The molecule has 2 N–H and O–H groups in total. The van der Waals surface area contributed by atoms with Crippen LogP contribution in [0.3, 0.4) is 0 Å². The maximum Gasteiger partial charge on any atom is 0.0594 e. The molecule has 0 amide bonds. The van der Waals surface area contributed by atoms with Crippen molar-refractivity contribution in [2.24, 2.45) is 5.73 Å². The summed E-state index contributed by atoms with van der Waals surface area (Å²) >= 11 is 3.43. The molecule has 0 bridgehead atoms. The smallest absolute Gasteiger partial charge is 0.0594 e. The van der Waals surface area contributed by atoms with Crippen molar-refractivity contribution in [3.05, 3.63) is 34.3 Å². The van der Waals surface area contributed by atoms with Crippen LogP contribution in [0.4, 0.5) is 0 Å². The molecule has 1 atom stereocenters. The van der Waals surface area contributed by atoms with Gasteiger partial charge in [0.05, 0.1) is 13.2 Å². The molecule has 1 aliphatic heterocycles. The molecular formula is C13H19BrN2O. The molecule has 1 fully saturated rings. The first-order valence-corrected chi connectivity index (χ1v) is 6.86. The predicted octanol–water partition coefficient (Wildman–Crippen LogP) is 2.17. The quantitative estimate of drug-likeness (QED) is 0.926. The second-order valence-corrected chi connectivity index (χ2v) is 5.32. The van der Waals surface area contributed by atoms with E-state index in [0.29, 0.717) is 0 Å². The third-order valence-corrected chi connectivity index (χ3v) is 3.69. The number of ether oxygens (including phenoxy) is 1. The predicted molar refractivity (Wildman–Crippen MR) is 72.9 cm³/mol. The Bertz CT molecular complexity index is 336. The van der Waals surface area contributed by atoms with Crippen LogP contribution in [0.2, 0.25) is 0 Å². The summed E-state index contributed by atoms with van der Waals surface area (Å²) in [5.41, 5.74) is 7.40. The van der Waals surface area contributed by atoms with Gasteiger partial charge in [0.2, 0.25) is 0 Å². The third kappa shape index (κ3) is 4.07. The Morgan fingerprint density at radius 2 is 1.88 bits per heavy atom. The van der Waals surface area contributed by atoms with E-state index in [0.717, 1.165) is 43.7 Å².